The van der Waals surface area contributed by atoms with Crippen molar-refractivity contribution in [2.45, 2.75) is 70.9 Å². The number of urea groups is 1. The first-order valence-electron chi connectivity index (χ1n) is 8.25. The largest absolute Gasteiger partial charge is 0.459 e. The SMILES string of the molecule is CCCNC(=O)NC(=O)CNC1(C(=O)OC(C)(C)C)CCCC1. The predicted octanol–water partition coefficient (Wildman–Crippen LogP) is 1.47. The highest BCUT2D eigenvalue weighted by molar-refractivity contribution is 5.95. The fourth-order valence-corrected chi connectivity index (χ4v) is 2.51. The Balaban J connectivity index is 2.55. The lowest BCUT2D eigenvalue weighted by atomic mass is 9.97. The molecule has 0 aromatic carbocycles. The van der Waals surface area contributed by atoms with Crippen molar-refractivity contribution in [3.63, 3.8) is 0 Å². The van der Waals surface area contributed by atoms with Crippen molar-refractivity contribution in [3.05, 3.63) is 0 Å². The van der Waals surface area contributed by atoms with Crippen LogP contribution in [0, 0.1) is 0 Å². The Morgan fingerprint density at radius 1 is 1.13 bits per heavy atom. The fourth-order valence-electron chi connectivity index (χ4n) is 2.51. The van der Waals surface area contributed by atoms with Gasteiger partial charge in [0.15, 0.2) is 0 Å². The van der Waals surface area contributed by atoms with Gasteiger partial charge in [-0.15, -0.1) is 0 Å². The summed E-state index contributed by atoms with van der Waals surface area (Å²) in [5.41, 5.74) is -1.40. The maximum absolute atomic E-state index is 12.5. The molecule has 0 radical (unpaired) electrons. The van der Waals surface area contributed by atoms with Crippen LogP contribution in [0.1, 0.15) is 59.8 Å². The van der Waals surface area contributed by atoms with Crippen LogP contribution < -0.4 is 16.0 Å². The number of hydrogen-bond acceptors (Lipinski definition) is 5. The Bertz CT molecular complexity index is 437. The molecular weight excluding hydrogens is 298 g/mol. The standard InChI is InChI=1S/C16H29N3O4/c1-5-10-17-14(22)19-12(20)11-18-16(8-6-7-9-16)13(21)23-15(2,3)4/h18H,5-11H2,1-4H3,(H2,17,19,20,22). The molecule has 3 amide bonds. The number of amides is 3. The topological polar surface area (TPSA) is 96.5 Å². The molecule has 0 aromatic heterocycles. The number of carbonyl (C=O) groups excluding carboxylic acids is 3. The second kappa shape index (κ2) is 8.29. The number of carbonyl (C=O) groups is 3. The minimum Gasteiger partial charge on any atom is -0.459 e. The lowest BCUT2D eigenvalue weighted by Crippen LogP contribution is -2.55. The summed E-state index contributed by atoms with van der Waals surface area (Å²) < 4.78 is 5.48. The van der Waals surface area contributed by atoms with E-state index in [2.05, 4.69) is 16.0 Å². The monoisotopic (exact) mass is 327 g/mol. The number of imide groups is 1. The van der Waals surface area contributed by atoms with E-state index in [1.807, 2.05) is 27.7 Å². The zero-order chi connectivity index (χ0) is 17.5. The average Bonchev–Trinajstić information content (AvgIpc) is 2.91. The molecule has 0 heterocycles. The van der Waals surface area contributed by atoms with Crippen LogP contribution in [0.5, 0.6) is 0 Å². The number of nitrogens with one attached hydrogen (secondary N) is 3. The van der Waals surface area contributed by atoms with Gasteiger partial charge in [0.1, 0.15) is 11.1 Å². The van der Waals surface area contributed by atoms with E-state index in [-0.39, 0.29) is 12.5 Å². The van der Waals surface area contributed by atoms with Gasteiger partial charge in [0.25, 0.3) is 0 Å². The highest BCUT2D eigenvalue weighted by atomic mass is 16.6. The van der Waals surface area contributed by atoms with Crippen molar-refractivity contribution in [2.75, 3.05) is 13.1 Å². The van der Waals surface area contributed by atoms with Crippen molar-refractivity contribution >= 4 is 17.9 Å². The molecule has 132 valence electrons. The first-order chi connectivity index (χ1) is 10.7. The van der Waals surface area contributed by atoms with Crippen molar-refractivity contribution in [1.29, 1.82) is 0 Å². The molecule has 0 spiro atoms. The molecule has 0 aliphatic heterocycles. The third kappa shape index (κ3) is 6.56. The molecule has 1 aliphatic rings. The second-order valence-corrected chi connectivity index (χ2v) is 6.95. The maximum Gasteiger partial charge on any atom is 0.326 e. The Morgan fingerprint density at radius 3 is 2.26 bits per heavy atom. The molecule has 0 saturated heterocycles. The first-order valence-corrected chi connectivity index (χ1v) is 8.25. The van der Waals surface area contributed by atoms with Crippen LogP contribution in [0.2, 0.25) is 0 Å². The van der Waals surface area contributed by atoms with Gasteiger partial charge in [-0.3, -0.25) is 20.2 Å². The van der Waals surface area contributed by atoms with Crippen LogP contribution in [-0.4, -0.2) is 42.1 Å². The summed E-state index contributed by atoms with van der Waals surface area (Å²) in [4.78, 5) is 35.7. The van der Waals surface area contributed by atoms with Crippen LogP contribution >= 0.6 is 0 Å². The molecule has 1 aliphatic carbocycles. The summed E-state index contributed by atoms with van der Waals surface area (Å²) in [5.74, 6) is -0.792. The smallest absolute Gasteiger partial charge is 0.326 e. The van der Waals surface area contributed by atoms with Gasteiger partial charge < -0.3 is 10.1 Å². The zero-order valence-electron chi connectivity index (χ0n) is 14.6. The second-order valence-electron chi connectivity index (χ2n) is 6.95. The summed E-state index contributed by atoms with van der Waals surface area (Å²) in [7, 11) is 0. The maximum atomic E-state index is 12.5. The molecule has 0 bridgehead atoms. The van der Waals surface area contributed by atoms with Gasteiger partial charge in [0, 0.05) is 6.54 Å². The van der Waals surface area contributed by atoms with Gasteiger partial charge in [-0.1, -0.05) is 19.8 Å². The van der Waals surface area contributed by atoms with E-state index in [1.54, 1.807) is 0 Å². The van der Waals surface area contributed by atoms with Crippen LogP contribution in [0.15, 0.2) is 0 Å². The van der Waals surface area contributed by atoms with Crippen LogP contribution in [-0.2, 0) is 14.3 Å². The minimum absolute atomic E-state index is 0.0984. The Hall–Kier alpha value is -1.63. The molecule has 1 saturated carbocycles. The first kappa shape index (κ1) is 19.4. The van der Waals surface area contributed by atoms with E-state index >= 15 is 0 Å². The summed E-state index contributed by atoms with van der Waals surface area (Å²) in [5, 5.41) is 7.82. The third-order valence-corrected chi connectivity index (χ3v) is 3.62. The van der Waals surface area contributed by atoms with E-state index in [4.69, 9.17) is 4.74 Å². The van der Waals surface area contributed by atoms with Gasteiger partial charge in [-0.05, 0) is 40.0 Å². The highest BCUT2D eigenvalue weighted by Gasteiger charge is 2.44. The summed E-state index contributed by atoms with van der Waals surface area (Å²) >= 11 is 0. The van der Waals surface area contributed by atoms with Gasteiger partial charge in [-0.2, -0.15) is 0 Å². The minimum atomic E-state index is -0.829. The normalized spacial score (nSPS) is 16.7. The van der Waals surface area contributed by atoms with Crippen molar-refractivity contribution < 1.29 is 19.1 Å². The molecule has 7 nitrogen and oxygen atoms in total. The zero-order valence-corrected chi connectivity index (χ0v) is 14.6. The van der Waals surface area contributed by atoms with E-state index < -0.39 is 23.1 Å². The van der Waals surface area contributed by atoms with E-state index in [0.29, 0.717) is 19.4 Å². The van der Waals surface area contributed by atoms with E-state index in [1.165, 1.54) is 0 Å². The summed E-state index contributed by atoms with van der Waals surface area (Å²) in [6.07, 6.45) is 3.88. The molecule has 3 N–H and O–H groups in total. The molecule has 23 heavy (non-hydrogen) atoms. The molecule has 7 heteroatoms. The average molecular weight is 327 g/mol. The van der Waals surface area contributed by atoms with Gasteiger partial charge in [0.2, 0.25) is 5.91 Å². The molecular formula is C16H29N3O4. The molecule has 0 aromatic rings. The molecule has 0 atom stereocenters. The predicted molar refractivity (Wildman–Crippen MR) is 86.9 cm³/mol. The lowest BCUT2D eigenvalue weighted by Gasteiger charge is -2.31. The summed E-state index contributed by atoms with van der Waals surface area (Å²) in [6.45, 7) is 7.79. The molecule has 1 fully saturated rings. The number of esters is 1. The van der Waals surface area contributed by atoms with E-state index in [0.717, 1.165) is 19.3 Å². The fraction of sp³-hybridized carbons (Fsp3) is 0.812. The quantitative estimate of drug-likeness (QED) is 0.642. The van der Waals surface area contributed by atoms with Gasteiger partial charge in [-0.25, -0.2) is 4.79 Å². The highest BCUT2D eigenvalue weighted by Crippen LogP contribution is 2.32. The van der Waals surface area contributed by atoms with Gasteiger partial charge in [0.05, 0.1) is 6.54 Å². The molecule has 0 unspecified atom stereocenters. The Kier molecular flexibility index (Phi) is 7.00. The lowest BCUT2D eigenvalue weighted by molar-refractivity contribution is -0.163. The van der Waals surface area contributed by atoms with Crippen molar-refractivity contribution in [3.8, 4) is 0 Å². The number of rotatable bonds is 6. The van der Waals surface area contributed by atoms with Crippen LogP contribution in [0.4, 0.5) is 4.79 Å². The van der Waals surface area contributed by atoms with Crippen LogP contribution in [0.3, 0.4) is 0 Å². The van der Waals surface area contributed by atoms with Crippen molar-refractivity contribution in [1.82, 2.24) is 16.0 Å². The molecule has 1 rings (SSSR count). The van der Waals surface area contributed by atoms with Crippen LogP contribution in [0.25, 0.3) is 0 Å². The van der Waals surface area contributed by atoms with E-state index in [9.17, 15) is 14.4 Å². The Morgan fingerprint density at radius 2 is 1.74 bits per heavy atom. The Labute approximate surface area is 137 Å². The number of ether oxygens (including phenoxy) is 1. The van der Waals surface area contributed by atoms with Gasteiger partial charge >= 0.3 is 12.0 Å². The number of hydrogen-bond donors (Lipinski definition) is 3. The summed E-state index contributed by atoms with van der Waals surface area (Å²) in [6, 6.07) is -0.517. The van der Waals surface area contributed by atoms with Crippen molar-refractivity contribution in [2.24, 2.45) is 0 Å². The third-order valence-electron chi connectivity index (χ3n) is 3.62.